The van der Waals surface area contributed by atoms with E-state index in [2.05, 4.69) is 36.0 Å². The van der Waals surface area contributed by atoms with Crippen molar-refractivity contribution < 1.29 is 9.59 Å². The fourth-order valence-corrected chi connectivity index (χ4v) is 3.57. The maximum atomic E-state index is 11.8. The fourth-order valence-electron chi connectivity index (χ4n) is 3.57. The number of rotatable bonds is 4. The third-order valence-electron chi connectivity index (χ3n) is 4.47. The SMILES string of the molecule is CCNC(=NCCN1C(=O)CCCC1=O)N1CC(C)CC(C)C1.I. The molecule has 2 aliphatic heterocycles. The van der Waals surface area contributed by atoms with Crippen molar-refractivity contribution in [1.29, 1.82) is 0 Å². The predicted molar refractivity (Wildman–Crippen MR) is 106 cm³/mol. The summed E-state index contributed by atoms with van der Waals surface area (Å²) in [6, 6.07) is 0. The van der Waals surface area contributed by atoms with Crippen LogP contribution in [0.5, 0.6) is 0 Å². The van der Waals surface area contributed by atoms with E-state index in [4.69, 9.17) is 0 Å². The highest BCUT2D eigenvalue weighted by molar-refractivity contribution is 14.0. The summed E-state index contributed by atoms with van der Waals surface area (Å²) < 4.78 is 0. The minimum Gasteiger partial charge on any atom is -0.357 e. The molecule has 0 aromatic carbocycles. The predicted octanol–water partition coefficient (Wildman–Crippen LogP) is 2.09. The van der Waals surface area contributed by atoms with Crippen molar-refractivity contribution in [3.8, 4) is 0 Å². The molecule has 2 amide bonds. The van der Waals surface area contributed by atoms with Gasteiger partial charge in [0.25, 0.3) is 0 Å². The zero-order valence-electron chi connectivity index (χ0n) is 15.1. The van der Waals surface area contributed by atoms with E-state index in [0.717, 1.165) is 25.6 Å². The van der Waals surface area contributed by atoms with E-state index in [0.29, 0.717) is 44.2 Å². The van der Waals surface area contributed by atoms with Crippen LogP contribution in [0.4, 0.5) is 0 Å². The number of hydrogen-bond donors (Lipinski definition) is 1. The molecule has 2 unspecified atom stereocenters. The van der Waals surface area contributed by atoms with Crippen LogP contribution in [0.3, 0.4) is 0 Å². The van der Waals surface area contributed by atoms with Crippen molar-refractivity contribution >= 4 is 41.8 Å². The van der Waals surface area contributed by atoms with Crippen LogP contribution in [0.15, 0.2) is 4.99 Å². The van der Waals surface area contributed by atoms with Crippen LogP contribution in [0, 0.1) is 11.8 Å². The van der Waals surface area contributed by atoms with Crippen molar-refractivity contribution in [1.82, 2.24) is 15.1 Å². The van der Waals surface area contributed by atoms with Crippen LogP contribution < -0.4 is 5.32 Å². The van der Waals surface area contributed by atoms with E-state index in [9.17, 15) is 9.59 Å². The van der Waals surface area contributed by atoms with Crippen LogP contribution in [0.1, 0.15) is 46.5 Å². The number of hydrogen-bond acceptors (Lipinski definition) is 3. The summed E-state index contributed by atoms with van der Waals surface area (Å²) in [6.45, 7) is 10.3. The highest BCUT2D eigenvalue weighted by Crippen LogP contribution is 2.21. The first-order valence-electron chi connectivity index (χ1n) is 8.87. The number of halogens is 1. The number of amides is 2. The minimum atomic E-state index is -0.0540. The summed E-state index contributed by atoms with van der Waals surface area (Å²) in [5.74, 6) is 2.12. The van der Waals surface area contributed by atoms with Gasteiger partial charge in [-0.15, -0.1) is 24.0 Å². The Morgan fingerprint density at radius 1 is 1.17 bits per heavy atom. The van der Waals surface area contributed by atoms with Crippen molar-refractivity contribution in [2.45, 2.75) is 46.5 Å². The molecular weight excluding hydrogens is 419 g/mol. The number of imide groups is 1. The number of piperidine rings is 2. The Balaban J connectivity index is 0.00000288. The topological polar surface area (TPSA) is 65.0 Å². The van der Waals surface area contributed by atoms with Gasteiger partial charge in [0.05, 0.1) is 6.54 Å². The van der Waals surface area contributed by atoms with Gasteiger partial charge in [0, 0.05) is 39.0 Å². The third kappa shape index (κ3) is 5.89. The van der Waals surface area contributed by atoms with Gasteiger partial charge in [0.1, 0.15) is 0 Å². The number of carbonyl (C=O) groups is 2. The molecule has 2 heterocycles. The second-order valence-corrected chi connectivity index (χ2v) is 6.88. The number of aliphatic imine (C=N–C) groups is 1. The van der Waals surface area contributed by atoms with Crippen molar-refractivity contribution in [3.63, 3.8) is 0 Å². The second kappa shape index (κ2) is 10.2. The van der Waals surface area contributed by atoms with Crippen LogP contribution >= 0.6 is 24.0 Å². The lowest BCUT2D eigenvalue weighted by atomic mass is 9.92. The van der Waals surface area contributed by atoms with Crippen molar-refractivity contribution in [2.24, 2.45) is 16.8 Å². The number of nitrogens with zero attached hydrogens (tertiary/aromatic N) is 3. The zero-order chi connectivity index (χ0) is 16.8. The van der Waals surface area contributed by atoms with Crippen LogP contribution in [0.2, 0.25) is 0 Å². The molecule has 0 bridgehead atoms. The quantitative estimate of drug-likeness (QED) is 0.309. The van der Waals surface area contributed by atoms with Crippen LogP contribution in [-0.2, 0) is 9.59 Å². The molecule has 0 radical (unpaired) electrons. The zero-order valence-corrected chi connectivity index (χ0v) is 17.4. The molecule has 0 aromatic rings. The average molecular weight is 450 g/mol. The van der Waals surface area contributed by atoms with Gasteiger partial charge in [-0.3, -0.25) is 19.5 Å². The van der Waals surface area contributed by atoms with E-state index in [1.807, 2.05) is 0 Å². The maximum absolute atomic E-state index is 11.8. The number of nitrogens with one attached hydrogen (secondary N) is 1. The van der Waals surface area contributed by atoms with E-state index >= 15 is 0 Å². The first-order chi connectivity index (χ1) is 11.0. The van der Waals surface area contributed by atoms with Gasteiger partial charge in [-0.25, -0.2) is 0 Å². The second-order valence-electron chi connectivity index (χ2n) is 6.88. The average Bonchev–Trinajstić information content (AvgIpc) is 2.48. The maximum Gasteiger partial charge on any atom is 0.229 e. The fraction of sp³-hybridized carbons (Fsp3) is 0.824. The first-order valence-corrected chi connectivity index (χ1v) is 8.87. The monoisotopic (exact) mass is 450 g/mol. The highest BCUT2D eigenvalue weighted by Gasteiger charge is 2.26. The Kier molecular flexibility index (Phi) is 9.01. The standard InChI is InChI=1S/C17H30N4O2.HI/c1-4-18-17(20-11-13(2)10-14(3)12-20)19-8-9-21-15(22)6-5-7-16(21)23;/h13-14H,4-12H2,1-3H3,(H,18,19);1H. The molecule has 6 nitrogen and oxygen atoms in total. The third-order valence-corrected chi connectivity index (χ3v) is 4.47. The summed E-state index contributed by atoms with van der Waals surface area (Å²) in [4.78, 5) is 32.0. The number of likely N-dealkylation sites (tertiary alicyclic amines) is 2. The van der Waals surface area contributed by atoms with E-state index in [1.165, 1.54) is 11.3 Å². The molecule has 7 heteroatoms. The van der Waals surface area contributed by atoms with Gasteiger partial charge in [-0.05, 0) is 31.6 Å². The Labute approximate surface area is 162 Å². The minimum absolute atomic E-state index is 0. The number of guanidine groups is 1. The molecule has 2 atom stereocenters. The molecule has 0 aliphatic carbocycles. The largest absolute Gasteiger partial charge is 0.357 e. The molecular formula is C17H31IN4O2. The molecule has 0 saturated carbocycles. The summed E-state index contributed by atoms with van der Waals surface area (Å²) >= 11 is 0. The Bertz CT molecular complexity index is 444. The van der Waals surface area contributed by atoms with E-state index in [1.54, 1.807) is 0 Å². The van der Waals surface area contributed by atoms with Gasteiger partial charge in [-0.2, -0.15) is 0 Å². The highest BCUT2D eigenvalue weighted by atomic mass is 127. The molecule has 2 fully saturated rings. The molecule has 2 rings (SSSR count). The Hall–Kier alpha value is -0.860. The number of carbonyl (C=O) groups excluding carboxylic acids is 2. The van der Waals surface area contributed by atoms with Crippen LogP contribution in [0.25, 0.3) is 0 Å². The summed E-state index contributed by atoms with van der Waals surface area (Å²) in [7, 11) is 0. The first kappa shape index (κ1) is 21.2. The molecule has 0 spiro atoms. The summed E-state index contributed by atoms with van der Waals surface area (Å²) in [5, 5.41) is 3.34. The Morgan fingerprint density at radius 3 is 2.29 bits per heavy atom. The lowest BCUT2D eigenvalue weighted by Crippen LogP contribution is -2.49. The molecule has 2 aliphatic rings. The molecule has 2 saturated heterocycles. The smallest absolute Gasteiger partial charge is 0.229 e. The van der Waals surface area contributed by atoms with Crippen molar-refractivity contribution in [3.05, 3.63) is 0 Å². The van der Waals surface area contributed by atoms with Gasteiger partial charge in [0.15, 0.2) is 5.96 Å². The lowest BCUT2D eigenvalue weighted by molar-refractivity contribution is -0.147. The van der Waals surface area contributed by atoms with Crippen molar-refractivity contribution in [2.75, 3.05) is 32.7 Å². The van der Waals surface area contributed by atoms with Gasteiger partial charge < -0.3 is 10.2 Å². The van der Waals surface area contributed by atoms with Gasteiger partial charge in [0.2, 0.25) is 11.8 Å². The molecule has 24 heavy (non-hydrogen) atoms. The normalized spacial score (nSPS) is 25.5. The lowest BCUT2D eigenvalue weighted by Gasteiger charge is -2.37. The summed E-state index contributed by atoms with van der Waals surface area (Å²) in [5.41, 5.74) is 0. The molecule has 1 N–H and O–H groups in total. The Morgan fingerprint density at radius 2 is 1.75 bits per heavy atom. The van der Waals surface area contributed by atoms with E-state index in [-0.39, 0.29) is 35.8 Å². The van der Waals surface area contributed by atoms with Gasteiger partial charge >= 0.3 is 0 Å². The van der Waals surface area contributed by atoms with Crippen LogP contribution in [-0.4, -0.2) is 60.3 Å². The van der Waals surface area contributed by atoms with E-state index < -0.39 is 0 Å². The molecule has 0 aromatic heterocycles. The molecule has 138 valence electrons. The summed E-state index contributed by atoms with van der Waals surface area (Å²) in [6.07, 6.45) is 2.91. The van der Waals surface area contributed by atoms with Gasteiger partial charge in [-0.1, -0.05) is 13.8 Å².